The highest BCUT2D eigenvalue weighted by molar-refractivity contribution is 6.32. The van der Waals surface area contributed by atoms with Gasteiger partial charge in [-0.1, -0.05) is 24.4 Å². The molecular weight excluding hydrogens is 344 g/mol. The van der Waals surface area contributed by atoms with Crippen LogP contribution in [0.4, 0.5) is 10.5 Å². The van der Waals surface area contributed by atoms with E-state index in [1.165, 1.54) is 12.1 Å². The first-order valence-corrected chi connectivity index (χ1v) is 8.47. The summed E-state index contributed by atoms with van der Waals surface area (Å²) in [6.07, 6.45) is 3.14. The summed E-state index contributed by atoms with van der Waals surface area (Å²) in [5, 5.41) is 14.5. The van der Waals surface area contributed by atoms with Gasteiger partial charge in [-0.3, -0.25) is 14.5 Å². The summed E-state index contributed by atoms with van der Waals surface area (Å²) >= 11 is 5.92. The molecule has 2 N–H and O–H groups in total. The average Bonchev–Trinajstić information content (AvgIpc) is 3.12. The van der Waals surface area contributed by atoms with Gasteiger partial charge in [-0.05, 0) is 31.0 Å². The smallest absolute Gasteiger partial charge is 0.325 e. The molecule has 8 heteroatoms. The van der Waals surface area contributed by atoms with Crippen LogP contribution >= 0.6 is 11.6 Å². The molecule has 1 saturated heterocycles. The lowest BCUT2D eigenvalue weighted by Crippen LogP contribution is -2.44. The largest absolute Gasteiger partial charge is 0.326 e. The van der Waals surface area contributed by atoms with E-state index in [9.17, 15) is 14.4 Å². The Morgan fingerprint density at radius 1 is 1.36 bits per heavy atom. The number of benzene rings is 1. The van der Waals surface area contributed by atoms with Crippen molar-refractivity contribution in [3.05, 3.63) is 28.8 Å². The number of nitrogens with one attached hydrogen (secondary N) is 2. The molecule has 0 radical (unpaired) electrons. The van der Waals surface area contributed by atoms with Gasteiger partial charge in [-0.2, -0.15) is 5.26 Å². The van der Waals surface area contributed by atoms with Gasteiger partial charge in [0.1, 0.15) is 11.6 Å². The van der Waals surface area contributed by atoms with E-state index in [0.717, 1.165) is 17.7 Å². The first-order chi connectivity index (χ1) is 11.9. The molecule has 25 heavy (non-hydrogen) atoms. The van der Waals surface area contributed by atoms with Crippen LogP contribution < -0.4 is 10.6 Å². The predicted octanol–water partition coefficient (Wildman–Crippen LogP) is 2.40. The van der Waals surface area contributed by atoms with Gasteiger partial charge in [0.05, 0.1) is 10.6 Å². The van der Waals surface area contributed by atoms with E-state index in [4.69, 9.17) is 16.9 Å². The number of halogens is 1. The Morgan fingerprint density at radius 3 is 2.72 bits per heavy atom. The Kier molecular flexibility index (Phi) is 4.64. The molecule has 130 valence electrons. The molecule has 2 fully saturated rings. The van der Waals surface area contributed by atoms with Crippen LogP contribution in [-0.2, 0) is 9.59 Å². The van der Waals surface area contributed by atoms with Crippen LogP contribution in [0.5, 0.6) is 0 Å². The van der Waals surface area contributed by atoms with Crippen molar-refractivity contribution in [1.29, 1.82) is 5.26 Å². The second-order valence-electron chi connectivity index (χ2n) is 6.28. The van der Waals surface area contributed by atoms with Crippen molar-refractivity contribution in [2.45, 2.75) is 37.6 Å². The zero-order valence-corrected chi connectivity index (χ0v) is 14.2. The number of carbonyl (C=O) groups is 3. The number of amides is 4. The summed E-state index contributed by atoms with van der Waals surface area (Å²) in [6.45, 7) is 0.0300. The van der Waals surface area contributed by atoms with E-state index < -0.39 is 11.6 Å². The van der Waals surface area contributed by atoms with Crippen LogP contribution in [0.1, 0.15) is 37.7 Å². The molecule has 1 spiro atoms. The van der Waals surface area contributed by atoms with Crippen molar-refractivity contribution in [2.75, 3.05) is 11.9 Å². The second-order valence-corrected chi connectivity index (χ2v) is 6.69. The summed E-state index contributed by atoms with van der Waals surface area (Å²) in [4.78, 5) is 37.7. The Morgan fingerprint density at radius 2 is 2.08 bits per heavy atom. The quantitative estimate of drug-likeness (QED) is 0.805. The molecule has 1 heterocycles. The van der Waals surface area contributed by atoms with E-state index in [2.05, 4.69) is 10.6 Å². The van der Waals surface area contributed by atoms with Gasteiger partial charge in [-0.15, -0.1) is 0 Å². The molecule has 0 bridgehead atoms. The van der Waals surface area contributed by atoms with Crippen molar-refractivity contribution in [1.82, 2.24) is 10.2 Å². The highest BCUT2D eigenvalue weighted by atomic mass is 35.5. The second kappa shape index (κ2) is 6.73. The zero-order valence-electron chi connectivity index (χ0n) is 13.5. The highest BCUT2D eigenvalue weighted by Crippen LogP contribution is 2.35. The topological polar surface area (TPSA) is 102 Å². The van der Waals surface area contributed by atoms with Gasteiger partial charge in [-0.25, -0.2) is 4.79 Å². The van der Waals surface area contributed by atoms with Crippen LogP contribution in [0.3, 0.4) is 0 Å². The summed E-state index contributed by atoms with van der Waals surface area (Å²) < 4.78 is 0. The standard InChI is InChI=1S/C17H17ClN4O3/c18-13-9-12(4-3-11(13)10-19)20-14(23)5-8-22-15(24)17(21-16(22)25)6-1-2-7-17/h3-4,9H,1-2,5-8H2,(H,20,23)(H,21,25). The summed E-state index contributed by atoms with van der Waals surface area (Å²) in [7, 11) is 0. The Balaban J connectivity index is 1.57. The van der Waals surface area contributed by atoms with Crippen LogP contribution in [-0.4, -0.2) is 34.8 Å². The maximum atomic E-state index is 12.5. The Bertz CT molecular complexity index is 781. The summed E-state index contributed by atoms with van der Waals surface area (Å²) in [5.74, 6) is -0.571. The van der Waals surface area contributed by atoms with Gasteiger partial charge in [0.15, 0.2) is 0 Å². The molecular formula is C17H17ClN4O3. The maximum absolute atomic E-state index is 12.5. The van der Waals surface area contributed by atoms with Gasteiger partial charge in [0, 0.05) is 18.7 Å². The van der Waals surface area contributed by atoms with E-state index >= 15 is 0 Å². The van der Waals surface area contributed by atoms with Crippen molar-refractivity contribution >= 4 is 35.1 Å². The molecule has 4 amide bonds. The van der Waals surface area contributed by atoms with E-state index in [-0.39, 0.29) is 29.8 Å². The predicted molar refractivity (Wildman–Crippen MR) is 90.9 cm³/mol. The number of carbonyl (C=O) groups excluding carboxylic acids is 3. The minimum atomic E-state index is -0.756. The lowest BCUT2D eigenvalue weighted by molar-refractivity contribution is -0.131. The molecule has 0 unspecified atom stereocenters. The van der Waals surface area contributed by atoms with Crippen molar-refractivity contribution < 1.29 is 14.4 Å². The number of hydrogen-bond donors (Lipinski definition) is 2. The molecule has 3 rings (SSSR count). The molecule has 7 nitrogen and oxygen atoms in total. The van der Waals surface area contributed by atoms with E-state index in [0.29, 0.717) is 24.1 Å². The first-order valence-electron chi connectivity index (χ1n) is 8.09. The molecule has 1 aliphatic carbocycles. The fourth-order valence-electron chi connectivity index (χ4n) is 3.32. The maximum Gasteiger partial charge on any atom is 0.325 e. The molecule has 1 aliphatic heterocycles. The normalized spacial score (nSPS) is 18.3. The van der Waals surface area contributed by atoms with Crippen molar-refractivity contribution in [2.24, 2.45) is 0 Å². The molecule has 0 aromatic heterocycles. The highest BCUT2D eigenvalue weighted by Gasteiger charge is 2.52. The first kappa shape index (κ1) is 17.2. The SMILES string of the molecule is N#Cc1ccc(NC(=O)CCN2C(=O)NC3(CCCC3)C2=O)cc1Cl. The van der Waals surface area contributed by atoms with Gasteiger partial charge < -0.3 is 10.6 Å². The molecule has 0 atom stereocenters. The number of anilines is 1. The third-order valence-corrected chi connectivity index (χ3v) is 4.95. The van der Waals surface area contributed by atoms with Gasteiger partial charge in [0.2, 0.25) is 5.91 Å². The Labute approximate surface area is 149 Å². The van der Waals surface area contributed by atoms with Gasteiger partial charge in [0.25, 0.3) is 5.91 Å². The average molecular weight is 361 g/mol. The number of nitrogens with zero attached hydrogens (tertiary/aromatic N) is 2. The number of imide groups is 1. The summed E-state index contributed by atoms with van der Waals surface area (Å²) in [6, 6.07) is 6.08. The number of rotatable bonds is 4. The van der Waals surface area contributed by atoms with Crippen molar-refractivity contribution in [3.63, 3.8) is 0 Å². The molecule has 1 aromatic carbocycles. The van der Waals surface area contributed by atoms with Crippen LogP contribution in [0, 0.1) is 11.3 Å². The fraction of sp³-hybridized carbons (Fsp3) is 0.412. The fourth-order valence-corrected chi connectivity index (χ4v) is 3.54. The lowest BCUT2D eigenvalue weighted by Gasteiger charge is -2.19. The third kappa shape index (κ3) is 3.30. The third-order valence-electron chi connectivity index (χ3n) is 4.64. The van der Waals surface area contributed by atoms with E-state index in [1.54, 1.807) is 6.07 Å². The number of hydrogen-bond acceptors (Lipinski definition) is 4. The minimum Gasteiger partial charge on any atom is -0.326 e. The van der Waals surface area contributed by atoms with Crippen LogP contribution in [0.25, 0.3) is 0 Å². The lowest BCUT2D eigenvalue weighted by atomic mass is 9.98. The van der Waals surface area contributed by atoms with Gasteiger partial charge >= 0.3 is 6.03 Å². The van der Waals surface area contributed by atoms with Crippen LogP contribution in [0.15, 0.2) is 18.2 Å². The molecule has 1 aromatic rings. The van der Waals surface area contributed by atoms with E-state index in [1.807, 2.05) is 6.07 Å². The monoisotopic (exact) mass is 360 g/mol. The zero-order chi connectivity index (χ0) is 18.0. The Hall–Kier alpha value is -2.59. The number of urea groups is 1. The molecule has 2 aliphatic rings. The number of nitriles is 1. The minimum absolute atomic E-state index is 0.00708. The summed E-state index contributed by atoms with van der Waals surface area (Å²) in [5.41, 5.74) is 0.0214. The van der Waals surface area contributed by atoms with Crippen LogP contribution in [0.2, 0.25) is 5.02 Å². The molecule has 1 saturated carbocycles. The van der Waals surface area contributed by atoms with Crippen molar-refractivity contribution in [3.8, 4) is 6.07 Å².